The highest BCUT2D eigenvalue weighted by Crippen LogP contribution is 2.23. The highest BCUT2D eigenvalue weighted by Gasteiger charge is 2.03. The minimum Gasteiger partial charge on any atom is -0.489 e. The van der Waals surface area contributed by atoms with Gasteiger partial charge in [0.25, 0.3) is 0 Å². The Hall–Kier alpha value is -2.20. The van der Waals surface area contributed by atoms with Gasteiger partial charge in [-0.05, 0) is 35.7 Å². The Balaban J connectivity index is 2.03. The Labute approximate surface area is 128 Å². The first-order valence-corrected chi connectivity index (χ1v) is 7.00. The van der Waals surface area contributed by atoms with Crippen molar-refractivity contribution in [3.8, 4) is 5.75 Å². The molecule has 4 nitrogen and oxygen atoms in total. The van der Waals surface area contributed by atoms with Crippen molar-refractivity contribution in [1.82, 2.24) is 0 Å². The van der Waals surface area contributed by atoms with Gasteiger partial charge < -0.3 is 15.7 Å². The molecule has 0 bridgehead atoms. The minimum atomic E-state index is 0.0905. The molecule has 2 aromatic rings. The number of oxime groups is 1. The monoisotopic (exact) mass is 304 g/mol. The fraction of sp³-hybridized carbons (Fsp3) is 0.188. The molecule has 2 rings (SSSR count). The first-order valence-electron chi connectivity index (χ1n) is 6.62. The van der Waals surface area contributed by atoms with Crippen LogP contribution in [0.25, 0.3) is 0 Å². The van der Waals surface area contributed by atoms with Gasteiger partial charge in [0.1, 0.15) is 12.4 Å². The van der Waals surface area contributed by atoms with Crippen molar-refractivity contribution in [3.05, 3.63) is 64.2 Å². The van der Waals surface area contributed by atoms with Gasteiger partial charge in [0.2, 0.25) is 0 Å². The van der Waals surface area contributed by atoms with Gasteiger partial charge in [-0.1, -0.05) is 47.9 Å². The quantitative estimate of drug-likeness (QED) is 0.384. The Morgan fingerprint density at radius 2 is 1.95 bits per heavy atom. The maximum atomic E-state index is 8.61. The van der Waals surface area contributed by atoms with Gasteiger partial charge in [-0.3, -0.25) is 0 Å². The lowest BCUT2D eigenvalue weighted by Crippen LogP contribution is -2.12. The molecule has 2 aromatic carbocycles. The highest BCUT2D eigenvalue weighted by molar-refractivity contribution is 6.31. The number of aryl methyl sites for hydroxylation is 1. The van der Waals surface area contributed by atoms with E-state index in [4.69, 9.17) is 27.3 Å². The predicted molar refractivity (Wildman–Crippen MR) is 84.1 cm³/mol. The molecule has 0 saturated carbocycles. The van der Waals surface area contributed by atoms with Gasteiger partial charge in [0.05, 0.1) is 0 Å². The first-order chi connectivity index (χ1) is 10.1. The second-order valence-electron chi connectivity index (χ2n) is 4.58. The van der Waals surface area contributed by atoms with Crippen LogP contribution in [0.3, 0.4) is 0 Å². The van der Waals surface area contributed by atoms with Crippen molar-refractivity contribution in [2.75, 3.05) is 0 Å². The van der Waals surface area contributed by atoms with Crippen LogP contribution in [0.2, 0.25) is 5.02 Å². The van der Waals surface area contributed by atoms with Gasteiger partial charge in [-0.2, -0.15) is 0 Å². The van der Waals surface area contributed by atoms with Crippen molar-refractivity contribution < 1.29 is 9.94 Å². The molecule has 0 saturated heterocycles. The number of ether oxygens (including phenoxy) is 1. The number of benzene rings is 2. The van der Waals surface area contributed by atoms with Crippen LogP contribution in [-0.2, 0) is 13.0 Å². The lowest BCUT2D eigenvalue weighted by Gasteiger charge is -2.09. The molecule has 110 valence electrons. The minimum absolute atomic E-state index is 0.0905. The molecule has 5 heteroatoms. The van der Waals surface area contributed by atoms with Crippen LogP contribution in [0.15, 0.2) is 47.6 Å². The summed E-state index contributed by atoms with van der Waals surface area (Å²) in [6.45, 7) is 2.50. The largest absolute Gasteiger partial charge is 0.489 e. The molecule has 0 unspecified atom stereocenters. The maximum absolute atomic E-state index is 8.61. The second kappa shape index (κ2) is 6.99. The average Bonchev–Trinajstić information content (AvgIpc) is 2.53. The third-order valence-electron chi connectivity index (χ3n) is 3.16. The number of hydrogen-bond donors (Lipinski definition) is 2. The number of amidine groups is 1. The van der Waals surface area contributed by atoms with Gasteiger partial charge in [-0.25, -0.2) is 0 Å². The van der Waals surface area contributed by atoms with E-state index >= 15 is 0 Å². The van der Waals surface area contributed by atoms with Crippen LogP contribution in [0.5, 0.6) is 5.75 Å². The summed E-state index contributed by atoms with van der Waals surface area (Å²) in [4.78, 5) is 0. The van der Waals surface area contributed by atoms with Crippen LogP contribution in [0.1, 0.15) is 23.6 Å². The molecule has 3 N–H and O–H groups in total. The molecule has 0 aliphatic carbocycles. The van der Waals surface area contributed by atoms with Crippen molar-refractivity contribution >= 4 is 17.4 Å². The molecular formula is C16H17ClN2O2. The van der Waals surface area contributed by atoms with E-state index in [9.17, 15) is 0 Å². The second-order valence-corrected chi connectivity index (χ2v) is 4.98. The van der Waals surface area contributed by atoms with Crippen molar-refractivity contribution in [2.24, 2.45) is 10.9 Å². The topological polar surface area (TPSA) is 67.8 Å². The molecule has 0 aliphatic heterocycles. The zero-order valence-corrected chi connectivity index (χ0v) is 12.5. The summed E-state index contributed by atoms with van der Waals surface area (Å²) in [6.07, 6.45) is 0.866. The lowest BCUT2D eigenvalue weighted by atomic mass is 10.1. The fourth-order valence-corrected chi connectivity index (χ4v) is 2.16. The zero-order chi connectivity index (χ0) is 15.2. The van der Waals surface area contributed by atoms with Gasteiger partial charge in [-0.15, -0.1) is 0 Å². The smallest absolute Gasteiger partial charge is 0.170 e. The Bertz CT molecular complexity index is 639. The third-order valence-corrected chi connectivity index (χ3v) is 3.53. The summed E-state index contributed by atoms with van der Waals surface area (Å²) in [7, 11) is 0. The van der Waals surface area contributed by atoms with E-state index in [1.165, 1.54) is 0 Å². The summed E-state index contributed by atoms with van der Waals surface area (Å²) in [5, 5.41) is 12.3. The van der Waals surface area contributed by atoms with Crippen LogP contribution < -0.4 is 10.5 Å². The van der Waals surface area contributed by atoms with E-state index < -0.39 is 0 Å². The molecule has 0 spiro atoms. The molecule has 0 amide bonds. The van der Waals surface area contributed by atoms with Gasteiger partial charge >= 0.3 is 0 Å². The molecule has 21 heavy (non-hydrogen) atoms. The van der Waals surface area contributed by atoms with E-state index in [0.29, 0.717) is 12.2 Å². The summed E-state index contributed by atoms with van der Waals surface area (Å²) in [5.41, 5.74) is 8.24. The Kier molecular flexibility index (Phi) is 5.06. The van der Waals surface area contributed by atoms with Crippen molar-refractivity contribution in [3.63, 3.8) is 0 Å². The van der Waals surface area contributed by atoms with Crippen LogP contribution in [0, 0.1) is 0 Å². The van der Waals surface area contributed by atoms with Gasteiger partial charge in [0.15, 0.2) is 5.84 Å². The molecule has 0 radical (unpaired) electrons. The first kappa shape index (κ1) is 15.2. The predicted octanol–water partition coefficient (Wildman–Crippen LogP) is 3.58. The summed E-state index contributed by atoms with van der Waals surface area (Å²) in [6, 6.07) is 13.0. The normalized spacial score (nSPS) is 11.4. The summed E-state index contributed by atoms with van der Waals surface area (Å²) >= 11 is 6.08. The van der Waals surface area contributed by atoms with E-state index in [0.717, 1.165) is 28.3 Å². The SMILES string of the molecule is CCc1cc(OCc2ccc(/C(N)=N/O)cc2)ccc1Cl. The summed E-state index contributed by atoms with van der Waals surface area (Å²) < 4.78 is 5.75. The number of nitrogens with zero attached hydrogens (tertiary/aromatic N) is 1. The molecule has 0 aliphatic rings. The molecule has 0 heterocycles. The van der Waals surface area contributed by atoms with E-state index in [-0.39, 0.29) is 5.84 Å². The van der Waals surface area contributed by atoms with Crippen molar-refractivity contribution in [2.45, 2.75) is 20.0 Å². The van der Waals surface area contributed by atoms with Crippen LogP contribution >= 0.6 is 11.6 Å². The number of halogens is 1. The van der Waals surface area contributed by atoms with Gasteiger partial charge in [0, 0.05) is 10.6 Å². The highest BCUT2D eigenvalue weighted by atomic mass is 35.5. The Morgan fingerprint density at radius 1 is 1.24 bits per heavy atom. The standard InChI is InChI=1S/C16H17ClN2O2/c1-2-12-9-14(7-8-15(12)17)21-10-11-3-5-13(6-4-11)16(18)19-20/h3-9,20H,2,10H2,1H3,(H2,18,19). The number of nitrogens with two attached hydrogens (primary N) is 1. The number of hydrogen-bond acceptors (Lipinski definition) is 3. The van der Waals surface area contributed by atoms with E-state index in [2.05, 4.69) is 12.1 Å². The molecule has 0 fully saturated rings. The molecule has 0 aromatic heterocycles. The number of rotatable bonds is 5. The van der Waals surface area contributed by atoms with E-state index in [1.54, 1.807) is 12.1 Å². The van der Waals surface area contributed by atoms with Crippen LogP contribution in [-0.4, -0.2) is 11.0 Å². The van der Waals surface area contributed by atoms with E-state index in [1.807, 2.05) is 30.3 Å². The summed E-state index contributed by atoms with van der Waals surface area (Å²) in [5.74, 6) is 0.879. The molecular weight excluding hydrogens is 288 g/mol. The Morgan fingerprint density at radius 3 is 2.57 bits per heavy atom. The average molecular weight is 305 g/mol. The lowest BCUT2D eigenvalue weighted by molar-refractivity contribution is 0.306. The third kappa shape index (κ3) is 3.89. The van der Waals surface area contributed by atoms with Crippen LogP contribution in [0.4, 0.5) is 0 Å². The molecule has 0 atom stereocenters. The zero-order valence-electron chi connectivity index (χ0n) is 11.7. The maximum Gasteiger partial charge on any atom is 0.170 e. The fourth-order valence-electron chi connectivity index (χ4n) is 1.91. The van der Waals surface area contributed by atoms with Crippen molar-refractivity contribution in [1.29, 1.82) is 0 Å².